The van der Waals surface area contributed by atoms with Crippen LogP contribution in [0.4, 0.5) is 0 Å². The standard InChI is InChI=1S/C9H16N2O/c1-7(12)6-11-9-3-2-8(4-9)5-10/h7-9,11-12H,2-4,6H2,1H3. The lowest BCUT2D eigenvalue weighted by Gasteiger charge is -2.12. The van der Waals surface area contributed by atoms with Gasteiger partial charge in [-0.2, -0.15) is 5.26 Å². The molecule has 1 aliphatic rings. The van der Waals surface area contributed by atoms with E-state index in [0.717, 1.165) is 19.3 Å². The first kappa shape index (κ1) is 9.50. The van der Waals surface area contributed by atoms with Crippen LogP contribution in [0.1, 0.15) is 26.2 Å². The number of nitrogens with one attached hydrogen (secondary N) is 1. The van der Waals surface area contributed by atoms with Gasteiger partial charge >= 0.3 is 0 Å². The maximum absolute atomic E-state index is 9.01. The van der Waals surface area contributed by atoms with E-state index in [1.807, 2.05) is 0 Å². The van der Waals surface area contributed by atoms with Gasteiger partial charge in [0.1, 0.15) is 0 Å². The van der Waals surface area contributed by atoms with E-state index in [4.69, 9.17) is 10.4 Å². The van der Waals surface area contributed by atoms with Crippen LogP contribution in [0.25, 0.3) is 0 Å². The maximum Gasteiger partial charge on any atom is 0.0656 e. The minimum atomic E-state index is -0.286. The van der Waals surface area contributed by atoms with E-state index in [9.17, 15) is 0 Å². The van der Waals surface area contributed by atoms with Gasteiger partial charge in [-0.1, -0.05) is 0 Å². The van der Waals surface area contributed by atoms with E-state index in [2.05, 4.69) is 11.4 Å². The van der Waals surface area contributed by atoms with E-state index in [1.54, 1.807) is 6.92 Å². The van der Waals surface area contributed by atoms with Crippen LogP contribution in [0.5, 0.6) is 0 Å². The Morgan fingerprint density at radius 1 is 1.67 bits per heavy atom. The van der Waals surface area contributed by atoms with Crippen LogP contribution in [-0.4, -0.2) is 23.8 Å². The van der Waals surface area contributed by atoms with Gasteiger partial charge in [0.05, 0.1) is 12.2 Å². The Morgan fingerprint density at radius 3 is 2.92 bits per heavy atom. The Bertz CT molecular complexity index is 174. The van der Waals surface area contributed by atoms with Gasteiger partial charge in [-0.15, -0.1) is 0 Å². The highest BCUT2D eigenvalue weighted by atomic mass is 16.3. The van der Waals surface area contributed by atoms with Gasteiger partial charge in [-0.25, -0.2) is 0 Å². The van der Waals surface area contributed by atoms with Gasteiger partial charge in [0, 0.05) is 18.5 Å². The fourth-order valence-electron chi connectivity index (χ4n) is 1.62. The predicted octanol–water partition coefficient (Wildman–Crippen LogP) is 0.649. The van der Waals surface area contributed by atoms with Crippen molar-refractivity contribution < 1.29 is 5.11 Å². The lowest BCUT2D eigenvalue weighted by Crippen LogP contribution is -2.32. The second kappa shape index (κ2) is 4.44. The van der Waals surface area contributed by atoms with Gasteiger partial charge in [0.15, 0.2) is 0 Å². The number of hydrogen-bond acceptors (Lipinski definition) is 3. The fourth-order valence-corrected chi connectivity index (χ4v) is 1.62. The molecule has 3 nitrogen and oxygen atoms in total. The molecule has 12 heavy (non-hydrogen) atoms. The highest BCUT2D eigenvalue weighted by Crippen LogP contribution is 2.24. The van der Waals surface area contributed by atoms with Crippen molar-refractivity contribution in [3.63, 3.8) is 0 Å². The highest BCUT2D eigenvalue weighted by molar-refractivity contribution is 4.92. The van der Waals surface area contributed by atoms with E-state index >= 15 is 0 Å². The molecule has 1 rings (SSSR count). The molecular weight excluding hydrogens is 152 g/mol. The molecule has 1 aliphatic carbocycles. The first-order valence-corrected chi connectivity index (χ1v) is 4.53. The Hall–Kier alpha value is -0.590. The monoisotopic (exact) mass is 168 g/mol. The van der Waals surface area contributed by atoms with Gasteiger partial charge in [-0.05, 0) is 26.2 Å². The zero-order valence-electron chi connectivity index (χ0n) is 7.45. The molecule has 0 radical (unpaired) electrons. The Balaban J connectivity index is 2.16. The first-order chi connectivity index (χ1) is 5.72. The average Bonchev–Trinajstić information content (AvgIpc) is 2.48. The largest absolute Gasteiger partial charge is 0.392 e. The molecule has 1 saturated carbocycles. The fraction of sp³-hybridized carbons (Fsp3) is 0.889. The van der Waals surface area contributed by atoms with Crippen LogP contribution in [0.15, 0.2) is 0 Å². The van der Waals surface area contributed by atoms with E-state index in [0.29, 0.717) is 12.6 Å². The van der Waals surface area contributed by atoms with Crippen LogP contribution >= 0.6 is 0 Å². The average molecular weight is 168 g/mol. The molecule has 0 aliphatic heterocycles. The Labute approximate surface area is 73.4 Å². The summed E-state index contributed by atoms with van der Waals surface area (Å²) in [7, 11) is 0. The van der Waals surface area contributed by atoms with E-state index in [-0.39, 0.29) is 12.0 Å². The van der Waals surface area contributed by atoms with Crippen molar-refractivity contribution in [1.82, 2.24) is 5.32 Å². The summed E-state index contributed by atoms with van der Waals surface area (Å²) >= 11 is 0. The van der Waals surface area contributed by atoms with Crippen LogP contribution in [0.2, 0.25) is 0 Å². The van der Waals surface area contributed by atoms with Crippen molar-refractivity contribution in [1.29, 1.82) is 5.26 Å². The number of nitrogens with zero attached hydrogens (tertiary/aromatic N) is 1. The smallest absolute Gasteiger partial charge is 0.0656 e. The van der Waals surface area contributed by atoms with Gasteiger partial charge in [0.25, 0.3) is 0 Å². The van der Waals surface area contributed by atoms with Gasteiger partial charge in [0.2, 0.25) is 0 Å². The molecule has 2 N–H and O–H groups in total. The number of rotatable bonds is 3. The van der Waals surface area contributed by atoms with E-state index in [1.165, 1.54) is 0 Å². The predicted molar refractivity (Wildman–Crippen MR) is 46.4 cm³/mol. The molecule has 0 aromatic carbocycles. The zero-order chi connectivity index (χ0) is 8.97. The molecule has 3 unspecified atom stereocenters. The highest BCUT2D eigenvalue weighted by Gasteiger charge is 2.23. The first-order valence-electron chi connectivity index (χ1n) is 4.53. The molecule has 0 heterocycles. The molecule has 3 heteroatoms. The zero-order valence-corrected chi connectivity index (χ0v) is 7.45. The van der Waals surface area contributed by atoms with Crippen LogP contribution < -0.4 is 5.32 Å². The van der Waals surface area contributed by atoms with Crippen molar-refractivity contribution in [2.75, 3.05) is 6.54 Å². The van der Waals surface area contributed by atoms with Crippen molar-refractivity contribution in [3.8, 4) is 6.07 Å². The summed E-state index contributed by atoms with van der Waals surface area (Å²) in [6, 6.07) is 2.73. The molecular formula is C9H16N2O. The van der Waals surface area contributed by atoms with Crippen molar-refractivity contribution in [3.05, 3.63) is 0 Å². The summed E-state index contributed by atoms with van der Waals surface area (Å²) in [5.41, 5.74) is 0. The van der Waals surface area contributed by atoms with Crippen LogP contribution in [0.3, 0.4) is 0 Å². The van der Waals surface area contributed by atoms with Gasteiger partial charge in [-0.3, -0.25) is 0 Å². The maximum atomic E-state index is 9.01. The molecule has 1 fully saturated rings. The summed E-state index contributed by atoms with van der Waals surface area (Å²) in [4.78, 5) is 0. The molecule has 0 spiro atoms. The molecule has 0 bridgehead atoms. The number of aliphatic hydroxyl groups is 1. The summed E-state index contributed by atoms with van der Waals surface area (Å²) < 4.78 is 0. The van der Waals surface area contributed by atoms with Crippen molar-refractivity contribution >= 4 is 0 Å². The third kappa shape index (κ3) is 2.80. The summed E-state index contributed by atoms with van der Waals surface area (Å²) in [5.74, 6) is 0.233. The molecule has 0 saturated heterocycles. The minimum absolute atomic E-state index is 0.233. The second-order valence-electron chi connectivity index (χ2n) is 3.59. The SMILES string of the molecule is CC(O)CNC1CCC(C#N)C1. The Morgan fingerprint density at radius 2 is 2.42 bits per heavy atom. The molecule has 68 valence electrons. The van der Waals surface area contributed by atoms with Crippen LogP contribution in [-0.2, 0) is 0 Å². The molecule has 0 aromatic heterocycles. The van der Waals surface area contributed by atoms with Crippen molar-refractivity contribution in [2.45, 2.75) is 38.3 Å². The van der Waals surface area contributed by atoms with Gasteiger partial charge < -0.3 is 10.4 Å². The minimum Gasteiger partial charge on any atom is -0.392 e. The summed E-state index contributed by atoms with van der Waals surface area (Å²) in [6.45, 7) is 2.41. The number of hydrogen-bond donors (Lipinski definition) is 2. The summed E-state index contributed by atoms with van der Waals surface area (Å²) in [5, 5.41) is 20.9. The normalized spacial score (nSPS) is 31.4. The third-order valence-electron chi connectivity index (χ3n) is 2.32. The van der Waals surface area contributed by atoms with E-state index < -0.39 is 0 Å². The topological polar surface area (TPSA) is 56.0 Å². The Kier molecular flexibility index (Phi) is 3.51. The lowest BCUT2D eigenvalue weighted by atomic mass is 10.1. The van der Waals surface area contributed by atoms with Crippen molar-refractivity contribution in [2.24, 2.45) is 5.92 Å². The lowest BCUT2D eigenvalue weighted by molar-refractivity contribution is 0.186. The molecule has 3 atom stereocenters. The summed E-state index contributed by atoms with van der Waals surface area (Å²) in [6.07, 6.45) is 2.74. The van der Waals surface area contributed by atoms with Crippen LogP contribution in [0, 0.1) is 17.2 Å². The number of nitriles is 1. The molecule has 0 amide bonds. The molecule has 0 aromatic rings. The quantitative estimate of drug-likeness (QED) is 0.650. The second-order valence-corrected chi connectivity index (χ2v) is 3.59. The third-order valence-corrected chi connectivity index (χ3v) is 2.32. The number of aliphatic hydroxyl groups excluding tert-OH is 1.